The van der Waals surface area contributed by atoms with Gasteiger partial charge in [-0.3, -0.25) is 4.68 Å². The maximum Gasteiger partial charge on any atom is 0.208 e. The van der Waals surface area contributed by atoms with E-state index >= 15 is 0 Å². The van der Waals surface area contributed by atoms with Gasteiger partial charge in [0.1, 0.15) is 5.76 Å². The molecule has 5 nitrogen and oxygen atoms in total. The van der Waals surface area contributed by atoms with E-state index < -0.39 is 0 Å². The highest BCUT2D eigenvalue weighted by atomic mass is 16.4. The number of hydrogen-bond donors (Lipinski definition) is 1. The van der Waals surface area contributed by atoms with Crippen LogP contribution in [-0.2, 0) is 13.6 Å². The molecule has 0 spiro atoms. The normalized spacial score (nSPS) is 12.9. The number of hydrogen-bond acceptors (Lipinski definition) is 4. The summed E-state index contributed by atoms with van der Waals surface area (Å²) in [6.45, 7) is 4.61. The van der Waals surface area contributed by atoms with Crippen molar-refractivity contribution in [1.82, 2.24) is 20.1 Å². The first-order chi connectivity index (χ1) is 7.65. The van der Waals surface area contributed by atoms with Crippen LogP contribution in [-0.4, -0.2) is 14.8 Å². The lowest BCUT2D eigenvalue weighted by Gasteiger charge is -2.09. The Morgan fingerprint density at radius 2 is 2.31 bits per heavy atom. The maximum absolute atomic E-state index is 5.38. The van der Waals surface area contributed by atoms with Crippen LogP contribution in [0.1, 0.15) is 30.2 Å². The summed E-state index contributed by atoms with van der Waals surface area (Å²) < 4.78 is 7.17. The van der Waals surface area contributed by atoms with Crippen LogP contribution in [0.5, 0.6) is 0 Å². The zero-order chi connectivity index (χ0) is 11.5. The third kappa shape index (κ3) is 2.49. The molecular weight excluding hydrogens is 204 g/mol. The van der Waals surface area contributed by atoms with Gasteiger partial charge in [0, 0.05) is 24.8 Å². The van der Waals surface area contributed by atoms with Crippen molar-refractivity contribution in [3.8, 4) is 0 Å². The van der Waals surface area contributed by atoms with Crippen molar-refractivity contribution in [1.29, 1.82) is 0 Å². The summed E-state index contributed by atoms with van der Waals surface area (Å²) in [5, 5.41) is 7.47. The molecule has 0 aliphatic carbocycles. The fraction of sp³-hybridized carbons (Fsp3) is 0.455. The summed E-state index contributed by atoms with van der Waals surface area (Å²) in [5.74, 6) is 1.55. The fourth-order valence-corrected chi connectivity index (χ4v) is 1.51. The summed E-state index contributed by atoms with van der Waals surface area (Å²) >= 11 is 0. The van der Waals surface area contributed by atoms with E-state index in [2.05, 4.69) is 22.3 Å². The Labute approximate surface area is 94.5 Å². The predicted octanol–water partition coefficient (Wildman–Crippen LogP) is 1.57. The van der Waals surface area contributed by atoms with Crippen molar-refractivity contribution in [2.75, 3.05) is 0 Å². The van der Waals surface area contributed by atoms with Gasteiger partial charge in [-0.2, -0.15) is 5.10 Å². The van der Waals surface area contributed by atoms with Gasteiger partial charge in [0.05, 0.1) is 18.9 Å². The minimum absolute atomic E-state index is 0.237. The number of nitrogens with zero attached hydrogens (tertiary/aromatic N) is 3. The molecule has 0 saturated carbocycles. The smallest absolute Gasteiger partial charge is 0.208 e. The van der Waals surface area contributed by atoms with Gasteiger partial charge in [0.15, 0.2) is 0 Å². The molecule has 0 fully saturated rings. The van der Waals surface area contributed by atoms with Gasteiger partial charge >= 0.3 is 0 Å². The highest BCUT2D eigenvalue weighted by molar-refractivity contribution is 5.09. The maximum atomic E-state index is 5.38. The second kappa shape index (κ2) is 4.49. The van der Waals surface area contributed by atoms with Crippen molar-refractivity contribution >= 4 is 0 Å². The minimum atomic E-state index is 0.237. The minimum Gasteiger partial charge on any atom is -0.445 e. The van der Waals surface area contributed by atoms with Crippen molar-refractivity contribution in [3.63, 3.8) is 0 Å². The van der Waals surface area contributed by atoms with Gasteiger partial charge in [-0.25, -0.2) is 4.98 Å². The Kier molecular flexibility index (Phi) is 3.05. The topological polar surface area (TPSA) is 55.9 Å². The second-order valence-corrected chi connectivity index (χ2v) is 3.91. The SMILES string of the molecule is Cc1cnc(CNC(C)c2cnn(C)c2)o1. The average molecular weight is 220 g/mol. The zero-order valence-corrected chi connectivity index (χ0v) is 9.77. The Morgan fingerprint density at radius 1 is 1.50 bits per heavy atom. The highest BCUT2D eigenvalue weighted by Gasteiger charge is 2.08. The van der Waals surface area contributed by atoms with E-state index in [1.54, 1.807) is 10.9 Å². The molecule has 2 aromatic rings. The van der Waals surface area contributed by atoms with Crippen LogP contribution >= 0.6 is 0 Å². The van der Waals surface area contributed by atoms with E-state index in [4.69, 9.17) is 4.42 Å². The first-order valence-corrected chi connectivity index (χ1v) is 5.28. The van der Waals surface area contributed by atoms with Gasteiger partial charge in [-0.05, 0) is 13.8 Å². The molecule has 0 bridgehead atoms. The number of aryl methyl sites for hydroxylation is 2. The van der Waals surface area contributed by atoms with E-state index in [1.807, 2.05) is 26.4 Å². The second-order valence-electron chi connectivity index (χ2n) is 3.91. The zero-order valence-electron chi connectivity index (χ0n) is 9.77. The molecule has 0 radical (unpaired) electrons. The Morgan fingerprint density at radius 3 is 2.88 bits per heavy atom. The van der Waals surface area contributed by atoms with E-state index in [0.29, 0.717) is 12.4 Å². The number of nitrogens with one attached hydrogen (secondary N) is 1. The van der Waals surface area contributed by atoms with Crippen molar-refractivity contribution in [3.05, 3.63) is 35.8 Å². The van der Waals surface area contributed by atoms with Crippen LogP contribution in [0.3, 0.4) is 0 Å². The van der Waals surface area contributed by atoms with E-state index in [9.17, 15) is 0 Å². The highest BCUT2D eigenvalue weighted by Crippen LogP contribution is 2.11. The molecule has 0 aliphatic rings. The van der Waals surface area contributed by atoms with Gasteiger partial charge in [0.2, 0.25) is 5.89 Å². The number of oxazole rings is 1. The van der Waals surface area contributed by atoms with E-state index in [0.717, 1.165) is 11.3 Å². The molecule has 1 N–H and O–H groups in total. The first kappa shape index (κ1) is 10.9. The van der Waals surface area contributed by atoms with Crippen LogP contribution in [0.2, 0.25) is 0 Å². The Hall–Kier alpha value is -1.62. The Bertz CT molecular complexity index is 460. The predicted molar refractivity (Wildman–Crippen MR) is 59.7 cm³/mol. The molecule has 0 aliphatic heterocycles. The first-order valence-electron chi connectivity index (χ1n) is 5.28. The average Bonchev–Trinajstić information content (AvgIpc) is 2.84. The summed E-state index contributed by atoms with van der Waals surface area (Å²) in [6.07, 6.45) is 5.59. The van der Waals surface area contributed by atoms with Crippen LogP contribution in [0.25, 0.3) is 0 Å². The molecule has 1 unspecified atom stereocenters. The van der Waals surface area contributed by atoms with Crippen LogP contribution in [0.4, 0.5) is 0 Å². The summed E-state index contributed by atoms with van der Waals surface area (Å²) in [5.41, 5.74) is 1.16. The summed E-state index contributed by atoms with van der Waals surface area (Å²) in [6, 6.07) is 0.237. The largest absolute Gasteiger partial charge is 0.445 e. The lowest BCUT2D eigenvalue weighted by molar-refractivity contribution is 0.432. The van der Waals surface area contributed by atoms with E-state index in [1.165, 1.54) is 0 Å². The van der Waals surface area contributed by atoms with Crippen molar-refractivity contribution in [2.24, 2.45) is 7.05 Å². The standard InChI is InChI=1S/C11H16N4O/c1-8-4-13-11(16-8)6-12-9(2)10-5-14-15(3)7-10/h4-5,7,9,12H,6H2,1-3H3. The van der Waals surface area contributed by atoms with Gasteiger partial charge in [-0.15, -0.1) is 0 Å². The third-order valence-corrected chi connectivity index (χ3v) is 2.45. The summed E-state index contributed by atoms with van der Waals surface area (Å²) in [7, 11) is 1.91. The molecule has 0 saturated heterocycles. The molecule has 2 aromatic heterocycles. The molecule has 16 heavy (non-hydrogen) atoms. The molecule has 1 atom stereocenters. The number of rotatable bonds is 4. The molecule has 0 amide bonds. The summed E-state index contributed by atoms with van der Waals surface area (Å²) in [4.78, 5) is 4.14. The molecule has 86 valence electrons. The molecular formula is C11H16N4O. The van der Waals surface area contributed by atoms with Gasteiger partial charge in [0.25, 0.3) is 0 Å². The van der Waals surface area contributed by atoms with Gasteiger partial charge in [-0.1, -0.05) is 0 Å². The van der Waals surface area contributed by atoms with Crippen LogP contribution < -0.4 is 5.32 Å². The van der Waals surface area contributed by atoms with Crippen LogP contribution in [0, 0.1) is 6.92 Å². The fourth-order valence-electron chi connectivity index (χ4n) is 1.51. The third-order valence-electron chi connectivity index (χ3n) is 2.45. The lowest BCUT2D eigenvalue weighted by atomic mass is 10.2. The van der Waals surface area contributed by atoms with Gasteiger partial charge < -0.3 is 9.73 Å². The molecule has 0 aromatic carbocycles. The number of aromatic nitrogens is 3. The quantitative estimate of drug-likeness (QED) is 0.849. The van der Waals surface area contributed by atoms with Crippen LogP contribution in [0.15, 0.2) is 23.0 Å². The monoisotopic (exact) mass is 220 g/mol. The molecule has 2 rings (SSSR count). The molecule has 2 heterocycles. The lowest BCUT2D eigenvalue weighted by Crippen LogP contribution is -2.17. The van der Waals surface area contributed by atoms with E-state index in [-0.39, 0.29) is 6.04 Å². The van der Waals surface area contributed by atoms with Crippen molar-refractivity contribution < 1.29 is 4.42 Å². The Balaban J connectivity index is 1.91. The van der Waals surface area contributed by atoms with Crippen molar-refractivity contribution in [2.45, 2.75) is 26.4 Å². The molecule has 5 heteroatoms.